The number of carbonyl (C=O) groups is 1. The minimum atomic E-state index is -3.65. The average molecular weight is 406 g/mol. The van der Waals surface area contributed by atoms with E-state index in [9.17, 15) is 13.2 Å². The van der Waals surface area contributed by atoms with Crippen molar-refractivity contribution in [1.29, 1.82) is 0 Å². The third-order valence-electron chi connectivity index (χ3n) is 4.33. The Hall–Kier alpha value is -2.72. The predicted octanol–water partition coefficient (Wildman–Crippen LogP) is 1.01. The van der Waals surface area contributed by atoms with Crippen molar-refractivity contribution in [3.05, 3.63) is 42.7 Å². The molecule has 10 heteroatoms. The van der Waals surface area contributed by atoms with Crippen molar-refractivity contribution in [2.75, 3.05) is 6.61 Å². The Balaban J connectivity index is 1.51. The number of sulfonamides is 1. The number of nitrogens with two attached hydrogens (primary N) is 1. The van der Waals surface area contributed by atoms with Crippen LogP contribution in [0.15, 0.2) is 47.6 Å². The van der Waals surface area contributed by atoms with E-state index in [0.717, 1.165) is 0 Å². The molecule has 0 saturated heterocycles. The molecule has 1 saturated carbocycles. The zero-order chi connectivity index (χ0) is 20.0. The second kappa shape index (κ2) is 8.98. The smallest absolute Gasteiger partial charge is 0.316 e. The molecular formula is C18H22N4O5S. The van der Waals surface area contributed by atoms with Crippen molar-refractivity contribution in [2.45, 2.75) is 42.7 Å². The quantitative estimate of drug-likeness (QED) is 0.668. The highest BCUT2D eigenvalue weighted by molar-refractivity contribution is 7.89. The molecule has 0 unspecified atom stereocenters. The Morgan fingerprint density at radius 1 is 1.11 bits per heavy atom. The molecule has 0 atom stereocenters. The number of rotatable bonds is 8. The molecular weight excluding hydrogens is 384 g/mol. The number of benzene rings is 1. The van der Waals surface area contributed by atoms with Gasteiger partial charge in [-0.05, 0) is 56.0 Å². The normalized spacial score (nSPS) is 19.7. The molecule has 1 aromatic carbocycles. The van der Waals surface area contributed by atoms with Crippen LogP contribution in [0.5, 0.6) is 11.8 Å². The zero-order valence-corrected chi connectivity index (χ0v) is 16.0. The lowest BCUT2D eigenvalue weighted by atomic mass is 9.94. The van der Waals surface area contributed by atoms with E-state index in [0.29, 0.717) is 37.4 Å². The fourth-order valence-electron chi connectivity index (χ4n) is 2.95. The van der Waals surface area contributed by atoms with E-state index in [1.165, 1.54) is 24.3 Å². The van der Waals surface area contributed by atoms with Crippen molar-refractivity contribution < 1.29 is 22.7 Å². The maximum atomic E-state index is 12.6. The van der Waals surface area contributed by atoms with E-state index in [4.69, 9.17) is 15.2 Å². The summed E-state index contributed by atoms with van der Waals surface area (Å²) in [6.45, 7) is -0.260. The lowest BCUT2D eigenvalue weighted by Crippen LogP contribution is -2.39. The van der Waals surface area contributed by atoms with Gasteiger partial charge in [-0.25, -0.2) is 23.1 Å². The summed E-state index contributed by atoms with van der Waals surface area (Å²) < 4.78 is 38.7. The lowest BCUT2D eigenvalue weighted by Gasteiger charge is -2.28. The number of hydrogen-bond donors (Lipinski definition) is 2. The Labute approximate surface area is 163 Å². The van der Waals surface area contributed by atoms with Gasteiger partial charge in [0.05, 0.1) is 4.90 Å². The van der Waals surface area contributed by atoms with Gasteiger partial charge in [-0.15, -0.1) is 0 Å². The van der Waals surface area contributed by atoms with Gasteiger partial charge < -0.3 is 15.2 Å². The molecule has 1 aliphatic rings. The molecule has 0 spiro atoms. The van der Waals surface area contributed by atoms with Crippen LogP contribution in [0.3, 0.4) is 0 Å². The summed E-state index contributed by atoms with van der Waals surface area (Å²) in [5.41, 5.74) is 5.01. The highest BCUT2D eigenvalue weighted by Crippen LogP contribution is 2.24. The van der Waals surface area contributed by atoms with Crippen molar-refractivity contribution in [3.63, 3.8) is 0 Å². The van der Waals surface area contributed by atoms with Crippen LogP contribution in [0.2, 0.25) is 0 Å². The second-order valence-electron chi connectivity index (χ2n) is 6.47. The maximum Gasteiger partial charge on any atom is 0.316 e. The first-order valence-corrected chi connectivity index (χ1v) is 10.4. The first-order chi connectivity index (χ1) is 13.4. The van der Waals surface area contributed by atoms with Crippen LogP contribution in [-0.2, 0) is 14.8 Å². The molecule has 0 bridgehead atoms. The van der Waals surface area contributed by atoms with Gasteiger partial charge in [-0.1, -0.05) is 0 Å². The minimum absolute atomic E-state index is 0.0233. The van der Waals surface area contributed by atoms with E-state index < -0.39 is 15.9 Å². The van der Waals surface area contributed by atoms with Crippen LogP contribution in [0, 0.1) is 0 Å². The minimum Gasteiger partial charge on any atom is -0.484 e. The van der Waals surface area contributed by atoms with Crippen molar-refractivity contribution in [3.8, 4) is 11.8 Å². The van der Waals surface area contributed by atoms with Gasteiger partial charge in [0.25, 0.3) is 5.91 Å². The number of carbonyl (C=O) groups excluding carboxylic acids is 1. The second-order valence-corrected chi connectivity index (χ2v) is 8.18. The van der Waals surface area contributed by atoms with E-state index in [2.05, 4.69) is 14.7 Å². The molecule has 1 amide bonds. The summed E-state index contributed by atoms with van der Waals surface area (Å²) in [5, 5.41) is 0. The molecule has 1 fully saturated rings. The number of amides is 1. The fraction of sp³-hybridized carbons (Fsp3) is 0.389. The predicted molar refractivity (Wildman–Crippen MR) is 100 cm³/mol. The molecule has 150 valence electrons. The van der Waals surface area contributed by atoms with Gasteiger partial charge in [-0.3, -0.25) is 4.79 Å². The van der Waals surface area contributed by atoms with E-state index in [1.807, 2.05) is 0 Å². The Morgan fingerprint density at radius 2 is 1.75 bits per heavy atom. The molecule has 0 radical (unpaired) electrons. The summed E-state index contributed by atoms with van der Waals surface area (Å²) in [4.78, 5) is 18.9. The lowest BCUT2D eigenvalue weighted by molar-refractivity contribution is -0.119. The number of nitrogens with zero attached hydrogens (tertiary/aromatic N) is 2. The number of hydrogen-bond acceptors (Lipinski definition) is 7. The van der Waals surface area contributed by atoms with Gasteiger partial charge in [0.1, 0.15) is 11.9 Å². The molecule has 1 heterocycles. The summed E-state index contributed by atoms with van der Waals surface area (Å²) in [6, 6.07) is 7.73. The number of aromatic nitrogens is 2. The SMILES string of the molecule is NC(=O)COc1ccc(S(=O)(=O)NC2CCC(Oc3ncccn3)CC2)cc1. The van der Waals surface area contributed by atoms with Crippen LogP contribution < -0.4 is 19.9 Å². The molecule has 0 aliphatic heterocycles. The summed E-state index contributed by atoms with van der Waals surface area (Å²) in [5.74, 6) is -0.227. The summed E-state index contributed by atoms with van der Waals surface area (Å²) >= 11 is 0. The van der Waals surface area contributed by atoms with Crippen LogP contribution in [0.25, 0.3) is 0 Å². The van der Waals surface area contributed by atoms with Crippen molar-refractivity contribution in [2.24, 2.45) is 5.73 Å². The largest absolute Gasteiger partial charge is 0.484 e. The Bertz CT molecular complexity index is 882. The molecule has 9 nitrogen and oxygen atoms in total. The van der Waals surface area contributed by atoms with Crippen molar-refractivity contribution >= 4 is 15.9 Å². The fourth-order valence-corrected chi connectivity index (χ4v) is 4.26. The molecule has 28 heavy (non-hydrogen) atoms. The molecule has 3 rings (SSSR count). The Morgan fingerprint density at radius 3 is 2.36 bits per heavy atom. The molecule has 2 aromatic rings. The number of ether oxygens (including phenoxy) is 2. The maximum absolute atomic E-state index is 12.6. The first kappa shape index (κ1) is 20.0. The van der Waals surface area contributed by atoms with Crippen LogP contribution in [-0.4, -0.2) is 43.0 Å². The summed E-state index contributed by atoms with van der Waals surface area (Å²) in [6.07, 6.45) is 5.97. The third-order valence-corrected chi connectivity index (χ3v) is 5.86. The highest BCUT2D eigenvalue weighted by atomic mass is 32.2. The molecule has 3 N–H and O–H groups in total. The van der Waals surface area contributed by atoms with Gasteiger partial charge in [0.15, 0.2) is 6.61 Å². The van der Waals surface area contributed by atoms with Gasteiger partial charge in [0.2, 0.25) is 10.0 Å². The molecule has 1 aromatic heterocycles. The first-order valence-electron chi connectivity index (χ1n) is 8.89. The monoisotopic (exact) mass is 406 g/mol. The highest BCUT2D eigenvalue weighted by Gasteiger charge is 2.27. The average Bonchev–Trinajstić information content (AvgIpc) is 2.69. The van der Waals surface area contributed by atoms with Crippen molar-refractivity contribution in [1.82, 2.24) is 14.7 Å². The van der Waals surface area contributed by atoms with Gasteiger partial charge in [0, 0.05) is 18.4 Å². The van der Waals surface area contributed by atoms with E-state index in [-0.39, 0.29) is 23.6 Å². The van der Waals surface area contributed by atoms with Crippen LogP contribution in [0.4, 0.5) is 0 Å². The van der Waals surface area contributed by atoms with Crippen LogP contribution >= 0.6 is 0 Å². The van der Waals surface area contributed by atoms with Gasteiger partial charge in [-0.2, -0.15) is 0 Å². The molecule has 1 aliphatic carbocycles. The van der Waals surface area contributed by atoms with E-state index in [1.54, 1.807) is 18.5 Å². The standard InChI is InChI=1S/C18H22N4O5S/c19-17(23)12-26-14-6-8-16(9-7-14)28(24,25)22-13-2-4-15(5-3-13)27-18-20-10-1-11-21-18/h1,6-11,13,15,22H,2-5,12H2,(H2,19,23). The van der Waals surface area contributed by atoms with Crippen LogP contribution in [0.1, 0.15) is 25.7 Å². The Kier molecular flexibility index (Phi) is 6.42. The zero-order valence-electron chi connectivity index (χ0n) is 15.2. The van der Waals surface area contributed by atoms with E-state index >= 15 is 0 Å². The van der Waals surface area contributed by atoms with Gasteiger partial charge >= 0.3 is 6.01 Å². The number of nitrogens with one attached hydrogen (secondary N) is 1. The summed E-state index contributed by atoms with van der Waals surface area (Å²) in [7, 11) is -3.65. The third kappa shape index (κ3) is 5.64. The number of primary amides is 1. The topological polar surface area (TPSA) is 134 Å².